The van der Waals surface area contributed by atoms with E-state index < -0.39 is 11.4 Å². The zero-order valence-electron chi connectivity index (χ0n) is 10.6. The van der Waals surface area contributed by atoms with Crippen molar-refractivity contribution < 1.29 is 14.4 Å². The Morgan fingerprint density at radius 3 is 2.39 bits per heavy atom. The Labute approximate surface area is 106 Å². The van der Waals surface area contributed by atoms with Gasteiger partial charge in [0.25, 0.3) is 0 Å². The molecule has 1 saturated carbocycles. The molecule has 3 amide bonds. The summed E-state index contributed by atoms with van der Waals surface area (Å²) in [5.41, 5.74) is 4.57. The molecule has 6 nitrogen and oxygen atoms in total. The molecule has 18 heavy (non-hydrogen) atoms. The Kier molecular flexibility index (Phi) is 3.38. The van der Waals surface area contributed by atoms with Crippen molar-refractivity contribution >= 4 is 17.7 Å². The van der Waals surface area contributed by atoms with Crippen molar-refractivity contribution in [1.29, 1.82) is 0 Å². The second kappa shape index (κ2) is 4.68. The third kappa shape index (κ3) is 2.69. The van der Waals surface area contributed by atoms with Crippen molar-refractivity contribution in [3.8, 4) is 0 Å². The molecule has 2 aliphatic rings. The van der Waals surface area contributed by atoms with Crippen LogP contribution < -0.4 is 11.1 Å². The molecule has 6 heteroatoms. The highest BCUT2D eigenvalue weighted by Gasteiger charge is 2.38. The van der Waals surface area contributed by atoms with E-state index in [1.807, 2.05) is 0 Å². The van der Waals surface area contributed by atoms with Gasteiger partial charge in [0.1, 0.15) is 0 Å². The number of nitrogens with one attached hydrogen (secondary N) is 1. The molecule has 0 aromatic heterocycles. The van der Waals surface area contributed by atoms with Gasteiger partial charge in [-0.1, -0.05) is 0 Å². The summed E-state index contributed by atoms with van der Waals surface area (Å²) in [6.07, 6.45) is 3.02. The zero-order valence-corrected chi connectivity index (χ0v) is 10.6. The van der Waals surface area contributed by atoms with Gasteiger partial charge in [0, 0.05) is 25.4 Å². The molecular weight excluding hydrogens is 234 g/mol. The first-order chi connectivity index (χ1) is 8.42. The topological polar surface area (TPSA) is 92.5 Å². The average molecular weight is 253 g/mol. The Morgan fingerprint density at radius 1 is 1.39 bits per heavy atom. The largest absolute Gasteiger partial charge is 0.368 e. The quantitative estimate of drug-likeness (QED) is 0.625. The van der Waals surface area contributed by atoms with Gasteiger partial charge in [0.2, 0.25) is 17.7 Å². The number of imide groups is 1. The summed E-state index contributed by atoms with van der Waals surface area (Å²) in [5, 5.41) is 3.20. The zero-order chi connectivity index (χ0) is 13.3. The van der Waals surface area contributed by atoms with Crippen molar-refractivity contribution in [2.24, 2.45) is 5.73 Å². The Morgan fingerprint density at radius 2 is 1.94 bits per heavy atom. The third-order valence-electron chi connectivity index (χ3n) is 3.63. The molecule has 0 bridgehead atoms. The van der Waals surface area contributed by atoms with Gasteiger partial charge in [-0.15, -0.1) is 0 Å². The molecule has 1 saturated heterocycles. The van der Waals surface area contributed by atoms with Crippen molar-refractivity contribution in [3.05, 3.63) is 0 Å². The molecule has 0 aromatic carbocycles. The van der Waals surface area contributed by atoms with Crippen molar-refractivity contribution in [2.75, 3.05) is 6.54 Å². The molecule has 2 rings (SSSR count). The van der Waals surface area contributed by atoms with E-state index in [-0.39, 0.29) is 31.2 Å². The van der Waals surface area contributed by atoms with Crippen LogP contribution in [0.25, 0.3) is 0 Å². The van der Waals surface area contributed by atoms with Crippen LogP contribution in [-0.4, -0.2) is 40.7 Å². The van der Waals surface area contributed by atoms with Crippen LogP contribution in [-0.2, 0) is 14.4 Å². The summed E-state index contributed by atoms with van der Waals surface area (Å²) in [7, 11) is 0. The number of primary amides is 1. The summed E-state index contributed by atoms with van der Waals surface area (Å²) >= 11 is 0. The standard InChI is InChI=1S/C12H19N3O3/c1-12(11(13)18,14-8-2-3-8)6-7-15-9(16)4-5-10(15)17/h8,14H,2-7H2,1H3,(H2,13,18). The molecule has 1 aliphatic heterocycles. The summed E-state index contributed by atoms with van der Waals surface area (Å²) in [4.78, 5) is 35.7. The highest BCUT2D eigenvalue weighted by molar-refractivity contribution is 6.02. The van der Waals surface area contributed by atoms with Crippen LogP contribution in [0.15, 0.2) is 0 Å². The van der Waals surface area contributed by atoms with Crippen LogP contribution in [0.5, 0.6) is 0 Å². The molecule has 0 spiro atoms. The third-order valence-corrected chi connectivity index (χ3v) is 3.63. The number of amides is 3. The summed E-state index contributed by atoms with van der Waals surface area (Å²) in [6.45, 7) is 2.00. The summed E-state index contributed by atoms with van der Waals surface area (Å²) < 4.78 is 0. The highest BCUT2D eigenvalue weighted by atomic mass is 16.2. The molecule has 2 fully saturated rings. The molecule has 1 atom stereocenters. The lowest BCUT2D eigenvalue weighted by atomic mass is 9.96. The highest BCUT2D eigenvalue weighted by Crippen LogP contribution is 2.24. The van der Waals surface area contributed by atoms with E-state index in [1.165, 1.54) is 4.90 Å². The van der Waals surface area contributed by atoms with Gasteiger partial charge in [-0.3, -0.25) is 19.3 Å². The Hall–Kier alpha value is -1.43. The Bertz CT molecular complexity index is 376. The van der Waals surface area contributed by atoms with E-state index in [0.717, 1.165) is 12.8 Å². The maximum Gasteiger partial charge on any atom is 0.237 e. The van der Waals surface area contributed by atoms with Gasteiger partial charge < -0.3 is 11.1 Å². The number of likely N-dealkylation sites (tertiary alicyclic amines) is 1. The first-order valence-corrected chi connectivity index (χ1v) is 6.33. The van der Waals surface area contributed by atoms with Crippen LogP contribution in [0.2, 0.25) is 0 Å². The smallest absolute Gasteiger partial charge is 0.237 e. The lowest BCUT2D eigenvalue weighted by molar-refractivity contribution is -0.139. The Balaban J connectivity index is 1.94. The van der Waals surface area contributed by atoms with Crippen molar-refractivity contribution in [2.45, 2.75) is 50.6 Å². The van der Waals surface area contributed by atoms with Gasteiger partial charge in [-0.05, 0) is 26.2 Å². The number of nitrogens with zero attached hydrogens (tertiary/aromatic N) is 1. The molecule has 100 valence electrons. The number of carbonyl (C=O) groups is 3. The summed E-state index contributed by atoms with van der Waals surface area (Å²) in [6, 6.07) is 0.340. The lowest BCUT2D eigenvalue weighted by Gasteiger charge is -2.29. The molecule has 1 aliphatic carbocycles. The van der Waals surface area contributed by atoms with E-state index in [4.69, 9.17) is 5.73 Å². The van der Waals surface area contributed by atoms with E-state index >= 15 is 0 Å². The van der Waals surface area contributed by atoms with Gasteiger partial charge in [0.15, 0.2) is 0 Å². The number of nitrogens with two attached hydrogens (primary N) is 1. The fourth-order valence-corrected chi connectivity index (χ4v) is 2.15. The number of carbonyl (C=O) groups excluding carboxylic acids is 3. The lowest BCUT2D eigenvalue weighted by Crippen LogP contribution is -2.55. The van der Waals surface area contributed by atoms with Crippen LogP contribution in [0.3, 0.4) is 0 Å². The van der Waals surface area contributed by atoms with Gasteiger partial charge in [-0.2, -0.15) is 0 Å². The number of rotatable bonds is 6. The molecule has 1 unspecified atom stereocenters. The second-order valence-electron chi connectivity index (χ2n) is 5.30. The summed E-state index contributed by atoms with van der Waals surface area (Å²) in [5.74, 6) is -0.745. The minimum atomic E-state index is -0.843. The van der Waals surface area contributed by atoms with Crippen LogP contribution in [0, 0.1) is 0 Å². The van der Waals surface area contributed by atoms with Gasteiger partial charge in [0.05, 0.1) is 5.54 Å². The van der Waals surface area contributed by atoms with Gasteiger partial charge in [-0.25, -0.2) is 0 Å². The van der Waals surface area contributed by atoms with Crippen molar-refractivity contribution in [3.63, 3.8) is 0 Å². The monoisotopic (exact) mass is 253 g/mol. The van der Waals surface area contributed by atoms with Crippen LogP contribution in [0.4, 0.5) is 0 Å². The molecule has 0 radical (unpaired) electrons. The van der Waals surface area contributed by atoms with E-state index in [1.54, 1.807) is 6.92 Å². The molecule has 1 heterocycles. The fourth-order valence-electron chi connectivity index (χ4n) is 2.15. The van der Waals surface area contributed by atoms with E-state index in [9.17, 15) is 14.4 Å². The van der Waals surface area contributed by atoms with Crippen LogP contribution >= 0.6 is 0 Å². The number of hydrogen-bond acceptors (Lipinski definition) is 4. The maximum atomic E-state index is 11.5. The van der Waals surface area contributed by atoms with E-state index in [0.29, 0.717) is 12.5 Å². The van der Waals surface area contributed by atoms with Gasteiger partial charge >= 0.3 is 0 Å². The number of hydrogen-bond donors (Lipinski definition) is 2. The predicted octanol–water partition coefficient (Wildman–Crippen LogP) is -0.478. The molecule has 3 N–H and O–H groups in total. The average Bonchev–Trinajstić information content (AvgIpc) is 3.04. The van der Waals surface area contributed by atoms with Crippen molar-refractivity contribution in [1.82, 2.24) is 10.2 Å². The van der Waals surface area contributed by atoms with Crippen LogP contribution in [0.1, 0.15) is 39.0 Å². The maximum absolute atomic E-state index is 11.5. The molecule has 0 aromatic rings. The molecular formula is C12H19N3O3. The fraction of sp³-hybridized carbons (Fsp3) is 0.750. The first kappa shape index (κ1) is 13.0. The first-order valence-electron chi connectivity index (χ1n) is 6.33. The minimum absolute atomic E-state index is 0.154. The SMILES string of the molecule is CC(CCN1C(=O)CCC1=O)(NC1CC1)C(N)=O. The second-order valence-corrected chi connectivity index (χ2v) is 5.30. The minimum Gasteiger partial charge on any atom is -0.368 e. The van der Waals surface area contributed by atoms with E-state index in [2.05, 4.69) is 5.32 Å². The normalized spacial score (nSPS) is 23.3. The predicted molar refractivity (Wildman–Crippen MR) is 64.3 cm³/mol.